The van der Waals surface area contributed by atoms with Gasteiger partial charge in [-0.05, 0) is 37.3 Å². The van der Waals surface area contributed by atoms with Gasteiger partial charge in [-0.2, -0.15) is 0 Å². The number of hydrazine groups is 1. The lowest BCUT2D eigenvalue weighted by molar-refractivity contribution is -0.147. The number of carboxylic acids is 1. The number of anilines is 1. The third kappa shape index (κ3) is 2.51. The van der Waals surface area contributed by atoms with Gasteiger partial charge in [0.2, 0.25) is 5.91 Å². The number of carbonyl (C=O) groups is 2. The highest BCUT2D eigenvalue weighted by Gasteiger charge is 2.51. The zero-order chi connectivity index (χ0) is 15.0. The molecule has 3 rings (SSSR count). The summed E-state index contributed by atoms with van der Waals surface area (Å²) in [5.74, 6) is -2.21. The first-order valence-corrected chi connectivity index (χ1v) is 7.10. The van der Waals surface area contributed by atoms with Crippen molar-refractivity contribution in [3.05, 3.63) is 42.0 Å². The minimum atomic E-state index is -0.887. The highest BCUT2D eigenvalue weighted by atomic mass is 16.4. The van der Waals surface area contributed by atoms with Crippen molar-refractivity contribution >= 4 is 17.6 Å². The van der Waals surface area contributed by atoms with Gasteiger partial charge in [0.1, 0.15) is 0 Å². The average Bonchev–Trinajstić information content (AvgIpc) is 3.06. The molecule has 0 aromatic heterocycles. The second-order valence-electron chi connectivity index (χ2n) is 5.82. The number of aliphatic carboxylic acids is 1. The SMILES string of the molecule is Cc1ccc(NNC(=O)[C@@H]2[C@@H](C(=O)O)[C@H]3C=C[C@H]2C3)cc1. The Morgan fingerprint density at radius 2 is 1.71 bits per heavy atom. The van der Waals surface area contributed by atoms with Crippen molar-refractivity contribution in [2.24, 2.45) is 23.7 Å². The summed E-state index contributed by atoms with van der Waals surface area (Å²) in [5.41, 5.74) is 7.41. The van der Waals surface area contributed by atoms with Gasteiger partial charge in [0.15, 0.2) is 0 Å². The Morgan fingerprint density at radius 1 is 1.10 bits per heavy atom. The van der Waals surface area contributed by atoms with E-state index in [4.69, 9.17) is 0 Å². The minimum Gasteiger partial charge on any atom is -0.481 e. The van der Waals surface area contributed by atoms with Gasteiger partial charge in [0.05, 0.1) is 17.5 Å². The monoisotopic (exact) mass is 286 g/mol. The molecule has 4 atom stereocenters. The smallest absolute Gasteiger partial charge is 0.307 e. The first-order chi connectivity index (χ1) is 10.1. The highest BCUT2D eigenvalue weighted by molar-refractivity contribution is 5.87. The molecule has 2 aliphatic rings. The summed E-state index contributed by atoms with van der Waals surface area (Å²) in [6.45, 7) is 1.99. The number of carboxylic acid groups (broad SMARTS) is 1. The number of allylic oxidation sites excluding steroid dienone is 2. The maximum Gasteiger partial charge on any atom is 0.307 e. The van der Waals surface area contributed by atoms with Crippen LogP contribution in [0.25, 0.3) is 0 Å². The maximum absolute atomic E-state index is 12.3. The third-order valence-electron chi connectivity index (χ3n) is 4.43. The van der Waals surface area contributed by atoms with Crippen molar-refractivity contribution in [1.82, 2.24) is 5.43 Å². The summed E-state index contributed by atoms with van der Waals surface area (Å²) < 4.78 is 0. The van der Waals surface area contributed by atoms with Gasteiger partial charge in [-0.1, -0.05) is 29.8 Å². The molecule has 1 amide bonds. The van der Waals surface area contributed by atoms with Gasteiger partial charge in [-0.15, -0.1) is 0 Å². The van der Waals surface area contributed by atoms with E-state index in [9.17, 15) is 14.7 Å². The molecule has 2 aliphatic carbocycles. The van der Waals surface area contributed by atoms with Gasteiger partial charge < -0.3 is 5.11 Å². The number of hydrogen-bond acceptors (Lipinski definition) is 3. The Morgan fingerprint density at radius 3 is 2.33 bits per heavy atom. The van der Waals surface area contributed by atoms with Gasteiger partial charge in [-0.25, -0.2) is 0 Å². The molecule has 0 aliphatic heterocycles. The predicted molar refractivity (Wildman–Crippen MR) is 78.3 cm³/mol. The molecule has 3 N–H and O–H groups in total. The molecule has 110 valence electrons. The number of aryl methyl sites for hydroxylation is 1. The number of amides is 1. The number of rotatable bonds is 4. The average molecular weight is 286 g/mol. The van der Waals surface area contributed by atoms with Crippen molar-refractivity contribution in [3.8, 4) is 0 Å². The van der Waals surface area contributed by atoms with Crippen LogP contribution in [-0.2, 0) is 9.59 Å². The first kappa shape index (κ1) is 13.7. The lowest BCUT2D eigenvalue weighted by atomic mass is 9.82. The fourth-order valence-corrected chi connectivity index (χ4v) is 3.37. The maximum atomic E-state index is 12.3. The molecule has 1 saturated carbocycles. The van der Waals surface area contributed by atoms with Gasteiger partial charge in [-0.3, -0.25) is 20.4 Å². The zero-order valence-electron chi connectivity index (χ0n) is 11.7. The molecule has 0 unspecified atom stereocenters. The van der Waals surface area contributed by atoms with E-state index in [0.717, 1.165) is 17.7 Å². The Balaban J connectivity index is 1.66. The lowest BCUT2D eigenvalue weighted by Gasteiger charge is -2.24. The van der Waals surface area contributed by atoms with Crippen LogP contribution in [0.3, 0.4) is 0 Å². The van der Waals surface area contributed by atoms with Crippen LogP contribution >= 0.6 is 0 Å². The van der Waals surface area contributed by atoms with E-state index in [-0.39, 0.29) is 17.7 Å². The van der Waals surface area contributed by atoms with Crippen LogP contribution < -0.4 is 10.9 Å². The Labute approximate surface area is 123 Å². The van der Waals surface area contributed by atoms with E-state index in [1.54, 1.807) is 0 Å². The van der Waals surface area contributed by atoms with E-state index < -0.39 is 17.8 Å². The van der Waals surface area contributed by atoms with Crippen molar-refractivity contribution in [3.63, 3.8) is 0 Å². The molecule has 1 aromatic carbocycles. The van der Waals surface area contributed by atoms with Crippen LogP contribution in [0.15, 0.2) is 36.4 Å². The standard InChI is InChI=1S/C16H18N2O3/c1-9-2-6-12(7-3-9)17-18-15(19)13-10-4-5-11(8-10)14(13)16(20)21/h2-7,10-11,13-14,17H,8H2,1H3,(H,18,19)(H,20,21)/t10-,11-,13-,14-/m0/s1. The summed E-state index contributed by atoms with van der Waals surface area (Å²) in [7, 11) is 0. The molecule has 5 heteroatoms. The summed E-state index contributed by atoms with van der Waals surface area (Å²) in [6, 6.07) is 7.61. The summed E-state index contributed by atoms with van der Waals surface area (Å²) in [4.78, 5) is 23.7. The van der Waals surface area contributed by atoms with E-state index >= 15 is 0 Å². The Kier molecular flexibility index (Phi) is 3.41. The summed E-state index contributed by atoms with van der Waals surface area (Å²) >= 11 is 0. The van der Waals surface area contributed by atoms with Crippen LogP contribution in [0, 0.1) is 30.6 Å². The number of fused-ring (bicyclic) bond motifs is 2. The van der Waals surface area contributed by atoms with Crippen LogP contribution in [0.5, 0.6) is 0 Å². The fraction of sp³-hybridized carbons (Fsp3) is 0.375. The molecule has 1 aromatic rings. The van der Waals surface area contributed by atoms with Crippen LogP contribution in [-0.4, -0.2) is 17.0 Å². The molecular formula is C16H18N2O3. The first-order valence-electron chi connectivity index (χ1n) is 7.10. The number of nitrogens with one attached hydrogen (secondary N) is 2. The number of hydrogen-bond donors (Lipinski definition) is 3. The summed E-state index contributed by atoms with van der Waals surface area (Å²) in [6.07, 6.45) is 4.67. The van der Waals surface area contributed by atoms with Crippen molar-refractivity contribution in [2.75, 3.05) is 5.43 Å². The van der Waals surface area contributed by atoms with E-state index in [1.807, 2.05) is 43.3 Å². The number of benzene rings is 1. The van der Waals surface area contributed by atoms with Crippen LogP contribution in [0.2, 0.25) is 0 Å². The largest absolute Gasteiger partial charge is 0.481 e. The predicted octanol–water partition coefficient (Wildman–Crippen LogP) is 1.96. The van der Waals surface area contributed by atoms with Gasteiger partial charge >= 0.3 is 5.97 Å². The lowest BCUT2D eigenvalue weighted by Crippen LogP contribution is -2.42. The van der Waals surface area contributed by atoms with Crippen molar-refractivity contribution in [2.45, 2.75) is 13.3 Å². The molecule has 21 heavy (non-hydrogen) atoms. The van der Waals surface area contributed by atoms with Crippen LogP contribution in [0.4, 0.5) is 5.69 Å². The fourth-order valence-electron chi connectivity index (χ4n) is 3.37. The molecule has 0 heterocycles. The quantitative estimate of drug-likeness (QED) is 0.584. The normalized spacial score (nSPS) is 29.4. The topological polar surface area (TPSA) is 78.4 Å². The van der Waals surface area contributed by atoms with Crippen molar-refractivity contribution in [1.29, 1.82) is 0 Å². The summed E-state index contributed by atoms with van der Waals surface area (Å²) in [5, 5.41) is 9.34. The molecule has 2 bridgehead atoms. The van der Waals surface area contributed by atoms with Gasteiger partial charge in [0, 0.05) is 0 Å². The molecule has 0 saturated heterocycles. The zero-order valence-corrected chi connectivity index (χ0v) is 11.7. The highest BCUT2D eigenvalue weighted by Crippen LogP contribution is 2.48. The molecule has 1 fully saturated rings. The van der Waals surface area contributed by atoms with Crippen molar-refractivity contribution < 1.29 is 14.7 Å². The van der Waals surface area contributed by atoms with E-state index in [2.05, 4.69) is 10.9 Å². The van der Waals surface area contributed by atoms with E-state index in [1.165, 1.54) is 0 Å². The van der Waals surface area contributed by atoms with E-state index in [0.29, 0.717) is 0 Å². The molecular weight excluding hydrogens is 268 g/mol. The second kappa shape index (κ2) is 5.24. The third-order valence-corrected chi connectivity index (χ3v) is 4.43. The van der Waals surface area contributed by atoms with Crippen LogP contribution in [0.1, 0.15) is 12.0 Å². The number of carbonyl (C=O) groups excluding carboxylic acids is 1. The molecule has 5 nitrogen and oxygen atoms in total. The molecule has 0 radical (unpaired) electrons. The molecule has 0 spiro atoms. The Bertz CT molecular complexity index is 594. The second-order valence-corrected chi connectivity index (χ2v) is 5.82. The minimum absolute atomic E-state index is 0.0115. The van der Waals surface area contributed by atoms with Gasteiger partial charge in [0.25, 0.3) is 0 Å². The Hall–Kier alpha value is -2.30.